The maximum atomic E-state index is 13.2. The zero-order valence-corrected chi connectivity index (χ0v) is 16.9. The van der Waals surface area contributed by atoms with Crippen LogP contribution in [0.15, 0.2) is 18.2 Å². The minimum absolute atomic E-state index is 0.0333. The highest BCUT2D eigenvalue weighted by Gasteiger charge is 2.42. The number of hydrogen-bond acceptors (Lipinski definition) is 5. The molecule has 0 saturated heterocycles. The number of ether oxygens (including phenoxy) is 2. The zero-order chi connectivity index (χ0) is 20.3. The van der Waals surface area contributed by atoms with Crippen LogP contribution in [0, 0.1) is 5.92 Å². The molecule has 0 spiro atoms. The highest BCUT2D eigenvalue weighted by molar-refractivity contribution is 6.06. The maximum absolute atomic E-state index is 13.2. The predicted molar refractivity (Wildman–Crippen MR) is 103 cm³/mol. The third-order valence-corrected chi connectivity index (χ3v) is 4.52. The summed E-state index contributed by atoms with van der Waals surface area (Å²) in [6.45, 7) is 11.0. The Hall–Kier alpha value is -2.37. The van der Waals surface area contributed by atoms with Crippen LogP contribution in [0.3, 0.4) is 0 Å². The molecular formula is C21H29NO5. The second-order valence-corrected chi connectivity index (χ2v) is 7.36. The number of ketones is 1. The van der Waals surface area contributed by atoms with E-state index in [9.17, 15) is 14.4 Å². The fourth-order valence-electron chi connectivity index (χ4n) is 3.13. The minimum atomic E-state index is -0.768. The monoisotopic (exact) mass is 375 g/mol. The van der Waals surface area contributed by atoms with Gasteiger partial charge < -0.3 is 9.47 Å². The van der Waals surface area contributed by atoms with Crippen LogP contribution < -0.4 is 9.64 Å². The second kappa shape index (κ2) is 8.55. The van der Waals surface area contributed by atoms with E-state index in [0.717, 1.165) is 0 Å². The first-order chi connectivity index (χ1) is 12.7. The number of Topliss-reactive ketones (excluding diaryl/α,β-unsaturated/α-hetero) is 1. The number of benzene rings is 1. The fourth-order valence-corrected chi connectivity index (χ4v) is 3.13. The van der Waals surface area contributed by atoms with Gasteiger partial charge in [0.25, 0.3) is 5.91 Å². The van der Waals surface area contributed by atoms with Crippen molar-refractivity contribution in [2.24, 2.45) is 5.92 Å². The molecule has 1 aromatic rings. The van der Waals surface area contributed by atoms with Gasteiger partial charge >= 0.3 is 5.97 Å². The van der Waals surface area contributed by atoms with E-state index in [2.05, 4.69) is 0 Å². The Morgan fingerprint density at radius 1 is 1.19 bits per heavy atom. The normalized spacial score (nSPS) is 17.6. The number of esters is 1. The van der Waals surface area contributed by atoms with Crippen LogP contribution in [0.4, 0.5) is 5.69 Å². The van der Waals surface area contributed by atoms with Crippen LogP contribution in [0.5, 0.6) is 5.75 Å². The molecule has 1 amide bonds. The molecule has 1 aliphatic rings. The van der Waals surface area contributed by atoms with Gasteiger partial charge in [0.2, 0.25) is 0 Å². The molecule has 1 aromatic carbocycles. The topological polar surface area (TPSA) is 72.9 Å². The number of amides is 1. The summed E-state index contributed by atoms with van der Waals surface area (Å²) in [5, 5.41) is 0. The molecule has 0 radical (unpaired) electrons. The molecule has 0 bridgehead atoms. The van der Waals surface area contributed by atoms with Crippen LogP contribution >= 0.6 is 0 Å². The number of nitrogens with zero attached hydrogens (tertiary/aromatic N) is 1. The first-order valence-electron chi connectivity index (χ1n) is 9.58. The molecule has 2 atom stereocenters. The summed E-state index contributed by atoms with van der Waals surface area (Å²) in [5.41, 5.74) is 0.941. The average Bonchev–Trinajstić information content (AvgIpc) is 2.61. The van der Waals surface area contributed by atoms with Crippen molar-refractivity contribution in [3.8, 4) is 5.75 Å². The van der Waals surface area contributed by atoms with Crippen molar-refractivity contribution in [2.75, 3.05) is 4.90 Å². The Balaban J connectivity index is 2.56. The van der Waals surface area contributed by atoms with Gasteiger partial charge in [0.1, 0.15) is 11.8 Å². The Kier molecular flexibility index (Phi) is 6.63. The Morgan fingerprint density at radius 2 is 1.85 bits per heavy atom. The number of anilines is 1. The standard InChI is InChI=1S/C21H29NO5/c1-7-15(21(25)26-13(5)6)22-16-11-14(17(23)8-2)9-10-18(16)27-19(12(3)4)20(22)24/h9-13,15,19H,7-8H2,1-6H3. The minimum Gasteiger partial charge on any atom is -0.478 e. The summed E-state index contributed by atoms with van der Waals surface area (Å²) in [5.74, 6) is -0.343. The van der Waals surface area contributed by atoms with E-state index in [1.807, 2.05) is 20.8 Å². The SMILES string of the molecule is CCC(=O)c1ccc2c(c1)N(C(CC)C(=O)OC(C)C)C(=O)C(C(C)C)O2. The molecule has 0 N–H and O–H groups in total. The smallest absolute Gasteiger partial charge is 0.329 e. The molecule has 0 saturated carbocycles. The van der Waals surface area contributed by atoms with Gasteiger partial charge in [0, 0.05) is 12.0 Å². The quantitative estimate of drug-likeness (QED) is 0.536. The van der Waals surface area contributed by atoms with E-state index in [4.69, 9.17) is 9.47 Å². The largest absolute Gasteiger partial charge is 0.478 e. The first-order valence-corrected chi connectivity index (χ1v) is 9.58. The molecule has 2 unspecified atom stereocenters. The van der Waals surface area contributed by atoms with Crippen molar-refractivity contribution >= 4 is 23.3 Å². The molecular weight excluding hydrogens is 346 g/mol. The van der Waals surface area contributed by atoms with Crippen molar-refractivity contribution in [1.82, 2.24) is 0 Å². The molecule has 1 aliphatic heterocycles. The van der Waals surface area contributed by atoms with Gasteiger partial charge in [-0.25, -0.2) is 4.79 Å². The Morgan fingerprint density at radius 3 is 2.37 bits per heavy atom. The van der Waals surface area contributed by atoms with Gasteiger partial charge in [-0.1, -0.05) is 27.7 Å². The molecule has 0 aromatic heterocycles. The summed E-state index contributed by atoms with van der Waals surface area (Å²) < 4.78 is 11.3. The molecule has 2 rings (SSSR count). The predicted octanol–water partition coefficient (Wildman–Crippen LogP) is 3.76. The molecule has 1 heterocycles. The van der Waals surface area contributed by atoms with Gasteiger partial charge in [0.05, 0.1) is 11.8 Å². The third-order valence-electron chi connectivity index (χ3n) is 4.52. The molecule has 6 heteroatoms. The summed E-state index contributed by atoms with van der Waals surface area (Å²) in [4.78, 5) is 39.4. The van der Waals surface area contributed by atoms with Crippen molar-refractivity contribution < 1.29 is 23.9 Å². The molecule has 6 nitrogen and oxygen atoms in total. The van der Waals surface area contributed by atoms with Gasteiger partial charge in [-0.2, -0.15) is 0 Å². The summed E-state index contributed by atoms with van der Waals surface area (Å²) in [7, 11) is 0. The summed E-state index contributed by atoms with van der Waals surface area (Å²) in [6.07, 6.45) is -0.218. The van der Waals surface area contributed by atoms with E-state index in [1.165, 1.54) is 4.90 Å². The van der Waals surface area contributed by atoms with Crippen molar-refractivity contribution in [3.05, 3.63) is 23.8 Å². The maximum Gasteiger partial charge on any atom is 0.329 e. The highest BCUT2D eigenvalue weighted by atomic mass is 16.5. The zero-order valence-electron chi connectivity index (χ0n) is 16.9. The van der Waals surface area contributed by atoms with E-state index in [-0.39, 0.29) is 23.7 Å². The first kappa shape index (κ1) is 20.9. The van der Waals surface area contributed by atoms with Crippen LogP contribution in [-0.2, 0) is 14.3 Å². The van der Waals surface area contributed by atoms with Gasteiger partial charge in [-0.3, -0.25) is 14.5 Å². The van der Waals surface area contributed by atoms with E-state index < -0.39 is 18.1 Å². The van der Waals surface area contributed by atoms with Crippen molar-refractivity contribution in [2.45, 2.75) is 72.6 Å². The van der Waals surface area contributed by atoms with Gasteiger partial charge in [-0.05, 0) is 44.4 Å². The number of carbonyl (C=O) groups is 3. The lowest BCUT2D eigenvalue weighted by Crippen LogP contribution is -2.55. The Labute approximate surface area is 160 Å². The fraction of sp³-hybridized carbons (Fsp3) is 0.571. The van der Waals surface area contributed by atoms with E-state index in [0.29, 0.717) is 29.8 Å². The lowest BCUT2D eigenvalue weighted by Gasteiger charge is -2.39. The third kappa shape index (κ3) is 4.31. The van der Waals surface area contributed by atoms with E-state index >= 15 is 0 Å². The number of hydrogen-bond donors (Lipinski definition) is 0. The summed E-state index contributed by atoms with van der Waals surface area (Å²) in [6, 6.07) is 4.27. The number of fused-ring (bicyclic) bond motifs is 1. The van der Waals surface area contributed by atoms with Crippen molar-refractivity contribution in [3.63, 3.8) is 0 Å². The molecule has 0 fully saturated rings. The van der Waals surface area contributed by atoms with Crippen LogP contribution in [0.1, 0.15) is 64.7 Å². The van der Waals surface area contributed by atoms with Gasteiger partial charge in [-0.15, -0.1) is 0 Å². The van der Waals surface area contributed by atoms with Crippen LogP contribution in [-0.4, -0.2) is 35.9 Å². The van der Waals surface area contributed by atoms with Crippen LogP contribution in [0.2, 0.25) is 0 Å². The molecule has 27 heavy (non-hydrogen) atoms. The number of rotatable bonds is 7. The average molecular weight is 375 g/mol. The van der Waals surface area contributed by atoms with Crippen molar-refractivity contribution in [1.29, 1.82) is 0 Å². The molecule has 148 valence electrons. The molecule has 0 aliphatic carbocycles. The van der Waals surface area contributed by atoms with E-state index in [1.54, 1.807) is 39.0 Å². The van der Waals surface area contributed by atoms with Gasteiger partial charge in [0.15, 0.2) is 11.9 Å². The highest BCUT2D eigenvalue weighted by Crippen LogP contribution is 2.38. The number of carbonyl (C=O) groups excluding carboxylic acids is 3. The summed E-state index contributed by atoms with van der Waals surface area (Å²) >= 11 is 0. The lowest BCUT2D eigenvalue weighted by atomic mass is 9.99. The lowest BCUT2D eigenvalue weighted by molar-refractivity contribution is -0.151. The Bertz CT molecular complexity index is 725. The second-order valence-electron chi connectivity index (χ2n) is 7.36. The van der Waals surface area contributed by atoms with Crippen LogP contribution in [0.25, 0.3) is 0 Å².